The van der Waals surface area contributed by atoms with Gasteiger partial charge in [0.2, 0.25) is 0 Å². The monoisotopic (exact) mass is 373 g/mol. The highest BCUT2D eigenvalue weighted by Crippen LogP contribution is 2.28. The molecule has 0 amide bonds. The summed E-state index contributed by atoms with van der Waals surface area (Å²) in [6.07, 6.45) is 2.86. The lowest BCUT2D eigenvalue weighted by Gasteiger charge is -2.13. The number of aryl methyl sites for hydroxylation is 1. The summed E-state index contributed by atoms with van der Waals surface area (Å²) in [6.45, 7) is 2.01. The molecule has 2 aromatic carbocycles. The number of aromatic nitrogens is 1. The summed E-state index contributed by atoms with van der Waals surface area (Å²) < 4.78 is 36.9. The van der Waals surface area contributed by atoms with E-state index < -0.39 is 21.0 Å². The van der Waals surface area contributed by atoms with Crippen molar-refractivity contribution in [3.8, 4) is 16.9 Å². The van der Waals surface area contributed by atoms with Crippen molar-refractivity contribution in [2.45, 2.75) is 16.7 Å². The minimum Gasteiger partial charge on any atom is -0.612 e. The minimum atomic E-state index is -3.21. The molecule has 1 heterocycles. The summed E-state index contributed by atoms with van der Waals surface area (Å²) >= 11 is -1.01. The average Bonchev–Trinajstić information content (AvgIpc) is 2.96. The van der Waals surface area contributed by atoms with E-state index in [0.717, 1.165) is 27.5 Å². The quantitative estimate of drug-likeness (QED) is 0.657. The minimum absolute atomic E-state index is 0.306. The third kappa shape index (κ3) is 3.66. The van der Waals surface area contributed by atoms with Gasteiger partial charge in [0.05, 0.1) is 10.6 Å². The van der Waals surface area contributed by atoms with Gasteiger partial charge in [0.1, 0.15) is 6.26 Å². The maximum atomic E-state index is 11.6. The molecule has 6 heteroatoms. The van der Waals surface area contributed by atoms with Crippen LogP contribution in [0.5, 0.6) is 0 Å². The highest BCUT2D eigenvalue weighted by atomic mass is 32.2. The lowest BCUT2D eigenvalue weighted by Crippen LogP contribution is -2.02. The van der Waals surface area contributed by atoms with Crippen LogP contribution in [0.2, 0.25) is 0 Å². The second-order valence-electron chi connectivity index (χ2n) is 5.94. The molecule has 0 N–H and O–H groups in total. The van der Waals surface area contributed by atoms with Crippen LogP contribution in [0.1, 0.15) is 5.69 Å². The van der Waals surface area contributed by atoms with Crippen molar-refractivity contribution < 1.29 is 13.0 Å². The maximum absolute atomic E-state index is 11.6. The molecule has 0 bridgehead atoms. The average molecular weight is 373 g/mol. The van der Waals surface area contributed by atoms with Crippen LogP contribution in [0.25, 0.3) is 16.9 Å². The van der Waals surface area contributed by atoms with Crippen LogP contribution in [-0.4, -0.2) is 30.0 Å². The third-order valence-electron chi connectivity index (χ3n) is 4.08. The van der Waals surface area contributed by atoms with Gasteiger partial charge in [-0.25, -0.2) is 8.42 Å². The molecule has 4 nitrogen and oxygen atoms in total. The molecule has 0 fully saturated rings. The summed E-state index contributed by atoms with van der Waals surface area (Å²) in [5.74, 6) is 0. The van der Waals surface area contributed by atoms with Crippen molar-refractivity contribution in [1.82, 2.24) is 4.57 Å². The molecule has 0 aliphatic rings. The normalized spacial score (nSPS) is 13.0. The van der Waals surface area contributed by atoms with Crippen molar-refractivity contribution in [2.75, 3.05) is 12.5 Å². The van der Waals surface area contributed by atoms with E-state index in [0.29, 0.717) is 4.90 Å². The van der Waals surface area contributed by atoms with E-state index in [9.17, 15) is 13.0 Å². The van der Waals surface area contributed by atoms with Crippen molar-refractivity contribution in [2.24, 2.45) is 0 Å². The second kappa shape index (κ2) is 6.71. The molecule has 3 aromatic rings. The van der Waals surface area contributed by atoms with E-state index in [4.69, 9.17) is 0 Å². The van der Waals surface area contributed by atoms with Crippen LogP contribution >= 0.6 is 0 Å². The Morgan fingerprint density at radius 2 is 1.52 bits per heavy atom. The van der Waals surface area contributed by atoms with Gasteiger partial charge in [0.25, 0.3) is 0 Å². The highest BCUT2D eigenvalue weighted by Gasteiger charge is 2.12. The van der Waals surface area contributed by atoms with Gasteiger partial charge in [-0.3, -0.25) is 0 Å². The molecule has 0 saturated carbocycles. The Kier molecular flexibility index (Phi) is 4.77. The van der Waals surface area contributed by atoms with Crippen molar-refractivity contribution >= 4 is 21.0 Å². The molecule has 1 aromatic heterocycles. The van der Waals surface area contributed by atoms with Crippen molar-refractivity contribution in [1.29, 1.82) is 0 Å². The fourth-order valence-corrected chi connectivity index (χ4v) is 3.92. The molecule has 1 atom stereocenters. The fraction of sp³-hybridized carbons (Fsp3) is 0.158. The molecular weight excluding hydrogens is 354 g/mol. The summed E-state index contributed by atoms with van der Waals surface area (Å²) in [5.41, 5.74) is 3.94. The Morgan fingerprint density at radius 1 is 0.920 bits per heavy atom. The molecule has 3 rings (SSSR count). The Labute approximate surface area is 151 Å². The number of benzene rings is 2. The predicted octanol–water partition coefficient (Wildman–Crippen LogP) is 3.59. The molecule has 0 spiro atoms. The molecule has 0 aliphatic carbocycles. The predicted molar refractivity (Wildman–Crippen MR) is 101 cm³/mol. The first kappa shape index (κ1) is 17.8. The molecule has 0 saturated heterocycles. The Bertz CT molecular complexity index is 986. The zero-order chi connectivity index (χ0) is 18.2. The number of nitrogens with zero attached hydrogens (tertiary/aromatic N) is 1. The molecule has 0 aliphatic heterocycles. The van der Waals surface area contributed by atoms with E-state index in [-0.39, 0.29) is 0 Å². The van der Waals surface area contributed by atoms with Gasteiger partial charge in [0.15, 0.2) is 14.7 Å². The summed E-state index contributed by atoms with van der Waals surface area (Å²) in [6, 6.07) is 18.5. The summed E-state index contributed by atoms with van der Waals surface area (Å²) in [4.78, 5) is 1.09. The van der Waals surface area contributed by atoms with Gasteiger partial charge in [-0.1, -0.05) is 12.1 Å². The number of rotatable bonds is 4. The molecule has 1 unspecified atom stereocenters. The third-order valence-corrected chi connectivity index (χ3v) is 6.15. The van der Waals surface area contributed by atoms with E-state index in [1.54, 1.807) is 18.4 Å². The van der Waals surface area contributed by atoms with Crippen LogP contribution < -0.4 is 0 Å². The van der Waals surface area contributed by atoms with Crippen LogP contribution in [0.4, 0.5) is 0 Å². The molecular formula is C19H19NO3S2. The summed E-state index contributed by atoms with van der Waals surface area (Å²) in [7, 11) is -3.21. The Balaban J connectivity index is 2.05. The summed E-state index contributed by atoms with van der Waals surface area (Å²) in [5, 5.41) is 0. The SMILES string of the molecule is Cc1ccc(-c2ccc(S(C)(=O)=O)cc2)n1-c1ccc([S+](C)[O-])cc1. The van der Waals surface area contributed by atoms with Gasteiger partial charge in [-0.15, -0.1) is 0 Å². The number of hydrogen-bond acceptors (Lipinski definition) is 3. The highest BCUT2D eigenvalue weighted by molar-refractivity contribution is 7.91. The van der Waals surface area contributed by atoms with Crippen LogP contribution in [0, 0.1) is 6.92 Å². The van der Waals surface area contributed by atoms with Crippen molar-refractivity contribution in [3.05, 3.63) is 66.4 Å². The number of hydrogen-bond donors (Lipinski definition) is 0. The lowest BCUT2D eigenvalue weighted by atomic mass is 10.1. The fourth-order valence-electron chi connectivity index (χ4n) is 2.77. The first-order valence-corrected chi connectivity index (χ1v) is 11.1. The van der Waals surface area contributed by atoms with Gasteiger partial charge in [-0.2, -0.15) is 0 Å². The second-order valence-corrected chi connectivity index (χ2v) is 9.34. The van der Waals surface area contributed by atoms with E-state index in [1.165, 1.54) is 6.26 Å². The van der Waals surface area contributed by atoms with E-state index in [1.807, 2.05) is 55.5 Å². The molecule has 0 radical (unpaired) electrons. The molecule has 130 valence electrons. The van der Waals surface area contributed by atoms with Crippen LogP contribution in [0.15, 0.2) is 70.5 Å². The first-order valence-electron chi connectivity index (χ1n) is 7.70. The van der Waals surface area contributed by atoms with Crippen LogP contribution in [0.3, 0.4) is 0 Å². The van der Waals surface area contributed by atoms with Gasteiger partial charge in [-0.05, 0) is 72.2 Å². The Morgan fingerprint density at radius 3 is 2.04 bits per heavy atom. The van der Waals surface area contributed by atoms with Crippen molar-refractivity contribution in [3.63, 3.8) is 0 Å². The zero-order valence-corrected chi connectivity index (χ0v) is 15.9. The standard InChI is InChI=1S/C19H19NO3S2/c1-14-4-13-19(15-5-11-18(12-6-15)25(3,22)23)20(14)16-7-9-17(10-8-16)24(2)21/h4-13H,1-3H3. The Hall–Kier alpha value is -2.02. The largest absolute Gasteiger partial charge is 0.612 e. The smallest absolute Gasteiger partial charge is 0.175 e. The zero-order valence-electron chi connectivity index (χ0n) is 14.3. The van der Waals surface area contributed by atoms with Gasteiger partial charge in [0, 0.05) is 17.6 Å². The first-order chi connectivity index (χ1) is 11.8. The number of sulfone groups is 1. The van der Waals surface area contributed by atoms with E-state index in [2.05, 4.69) is 4.57 Å². The van der Waals surface area contributed by atoms with E-state index >= 15 is 0 Å². The van der Waals surface area contributed by atoms with Crippen LogP contribution in [-0.2, 0) is 21.0 Å². The molecule has 25 heavy (non-hydrogen) atoms. The van der Waals surface area contributed by atoms with Gasteiger partial charge >= 0.3 is 0 Å². The topological polar surface area (TPSA) is 62.1 Å². The lowest BCUT2D eigenvalue weighted by molar-refractivity contribution is 0.600. The maximum Gasteiger partial charge on any atom is 0.175 e. The van der Waals surface area contributed by atoms with Gasteiger partial charge < -0.3 is 9.12 Å².